The molecule has 0 unspecified atom stereocenters. The first kappa shape index (κ1) is 10.5. The predicted octanol–water partition coefficient (Wildman–Crippen LogP) is 0.297. The van der Waals surface area contributed by atoms with Crippen LogP contribution in [0.3, 0.4) is 0 Å². The third kappa shape index (κ3) is 2.16. The molecule has 1 aliphatic rings. The molecule has 0 spiro atoms. The van der Waals surface area contributed by atoms with Crippen LogP contribution in [0.25, 0.3) is 0 Å². The second kappa shape index (κ2) is 4.26. The van der Waals surface area contributed by atoms with Gasteiger partial charge in [0.1, 0.15) is 6.04 Å². The predicted molar refractivity (Wildman–Crippen MR) is 61.6 cm³/mol. The van der Waals surface area contributed by atoms with Gasteiger partial charge in [0.05, 0.1) is 11.4 Å². The number of anilines is 2. The van der Waals surface area contributed by atoms with Crippen molar-refractivity contribution in [3.05, 3.63) is 24.3 Å². The van der Waals surface area contributed by atoms with Gasteiger partial charge in [0.2, 0.25) is 13.8 Å². The molecule has 5 nitrogen and oxygen atoms in total. The van der Waals surface area contributed by atoms with Crippen molar-refractivity contribution in [3.8, 4) is 0 Å². The van der Waals surface area contributed by atoms with E-state index in [-0.39, 0.29) is 5.91 Å². The maximum atomic E-state index is 11.7. The van der Waals surface area contributed by atoms with Gasteiger partial charge in [-0.2, -0.15) is 0 Å². The van der Waals surface area contributed by atoms with Gasteiger partial charge in [0.15, 0.2) is 5.81 Å². The highest BCUT2D eigenvalue weighted by Crippen LogP contribution is 2.22. The van der Waals surface area contributed by atoms with Gasteiger partial charge in [-0.25, -0.2) is 0 Å². The molecule has 1 aromatic carbocycles. The van der Waals surface area contributed by atoms with Crippen LogP contribution in [-0.2, 0) is 4.79 Å². The van der Waals surface area contributed by atoms with Crippen molar-refractivity contribution in [1.29, 1.82) is 0 Å². The number of amides is 2. The van der Waals surface area contributed by atoms with E-state index < -0.39 is 11.8 Å². The third-order valence-corrected chi connectivity index (χ3v) is 2.31. The molecule has 2 rings (SSSR count). The summed E-state index contributed by atoms with van der Waals surface area (Å²) >= 11 is 0. The lowest BCUT2D eigenvalue weighted by molar-refractivity contribution is -0.117. The Kier molecular flexibility index (Phi) is 2.81. The maximum absolute atomic E-state index is 11.7. The second-order valence-corrected chi connectivity index (χ2v) is 3.48. The minimum Gasteiger partial charge on any atom is -0.381 e. The summed E-state index contributed by atoms with van der Waals surface area (Å²) < 4.78 is 0. The van der Waals surface area contributed by atoms with Gasteiger partial charge in [0.25, 0.3) is 0 Å². The lowest BCUT2D eigenvalue weighted by Crippen LogP contribution is -2.46. The summed E-state index contributed by atoms with van der Waals surface area (Å²) in [6.07, 6.45) is 0. The molecule has 0 saturated heterocycles. The smallest absolute Gasteiger partial charge is 0.248 e. The molecule has 0 aromatic heterocycles. The number of hydrogen-bond donors (Lipinski definition) is 3. The van der Waals surface area contributed by atoms with E-state index >= 15 is 0 Å². The highest BCUT2D eigenvalue weighted by atomic mass is 16.2. The van der Waals surface area contributed by atoms with E-state index in [0.717, 1.165) is 5.69 Å². The summed E-state index contributed by atoms with van der Waals surface area (Å²) in [5.41, 5.74) is 1.52. The molecule has 1 aromatic rings. The van der Waals surface area contributed by atoms with Crippen LogP contribution in [0.5, 0.6) is 0 Å². The number of para-hydroxylation sites is 2. The van der Waals surface area contributed by atoms with Crippen molar-refractivity contribution in [2.24, 2.45) is 0 Å². The van der Waals surface area contributed by atoms with Crippen LogP contribution < -0.4 is 16.0 Å². The number of nitrogens with one attached hydrogen (secondary N) is 3. The fraction of sp³-hybridized carbons (Fsp3) is 0.200. The Labute approximate surface area is 94.0 Å². The number of rotatable bonds is 1. The van der Waals surface area contributed by atoms with Gasteiger partial charge >= 0.3 is 0 Å². The molecular formula is C10H10BN3O2. The molecule has 1 atom stereocenters. The Balaban J connectivity index is 2.18. The number of carbonyl (C=O) groups excluding carboxylic acids is 2. The van der Waals surface area contributed by atoms with Crippen LogP contribution in [0.15, 0.2) is 24.3 Å². The van der Waals surface area contributed by atoms with Crippen molar-refractivity contribution in [2.75, 3.05) is 17.2 Å². The monoisotopic (exact) mass is 215 g/mol. The molecule has 0 aliphatic carbocycles. The lowest BCUT2D eigenvalue weighted by Gasteiger charge is -2.13. The average molecular weight is 215 g/mol. The van der Waals surface area contributed by atoms with E-state index in [9.17, 15) is 9.59 Å². The Bertz CT molecular complexity index is 436. The Hall–Kier alpha value is -1.98. The van der Waals surface area contributed by atoms with E-state index in [1.165, 1.54) is 0 Å². The summed E-state index contributed by atoms with van der Waals surface area (Å²) in [4.78, 5) is 22.4. The summed E-state index contributed by atoms with van der Waals surface area (Å²) in [7, 11) is 4.98. The Morgan fingerprint density at radius 1 is 1.38 bits per heavy atom. The number of carbonyl (C=O) groups is 2. The zero-order valence-electron chi connectivity index (χ0n) is 8.49. The summed E-state index contributed by atoms with van der Waals surface area (Å²) in [5.74, 6) is -0.996. The number of fused-ring (bicyclic) bond motifs is 1. The van der Waals surface area contributed by atoms with Crippen LogP contribution in [-0.4, -0.2) is 32.1 Å². The van der Waals surface area contributed by atoms with E-state index in [1.54, 1.807) is 6.07 Å². The average Bonchev–Trinajstić information content (AvgIpc) is 2.39. The molecule has 1 aliphatic heterocycles. The molecule has 3 N–H and O–H groups in total. The first-order valence-corrected chi connectivity index (χ1v) is 4.86. The topological polar surface area (TPSA) is 70.2 Å². The van der Waals surface area contributed by atoms with E-state index in [1.807, 2.05) is 18.2 Å². The number of hydrogen-bond acceptors (Lipinski definition) is 3. The van der Waals surface area contributed by atoms with Gasteiger partial charge in [-0.05, 0) is 12.1 Å². The quantitative estimate of drug-likeness (QED) is 0.590. The Morgan fingerprint density at radius 3 is 2.75 bits per heavy atom. The van der Waals surface area contributed by atoms with Crippen LogP contribution in [0, 0.1) is 0 Å². The van der Waals surface area contributed by atoms with E-state index in [4.69, 9.17) is 7.85 Å². The normalized spacial score (nSPS) is 18.8. The first-order chi connectivity index (χ1) is 7.66. The highest BCUT2D eigenvalue weighted by Gasteiger charge is 2.23. The zero-order chi connectivity index (χ0) is 11.5. The fourth-order valence-corrected chi connectivity index (χ4v) is 1.56. The summed E-state index contributed by atoms with van der Waals surface area (Å²) in [6.45, 7) is 0.311. The van der Waals surface area contributed by atoms with Crippen molar-refractivity contribution in [1.82, 2.24) is 5.32 Å². The van der Waals surface area contributed by atoms with Crippen molar-refractivity contribution in [3.63, 3.8) is 0 Å². The van der Waals surface area contributed by atoms with Crippen LogP contribution in [0.2, 0.25) is 0 Å². The highest BCUT2D eigenvalue weighted by molar-refractivity contribution is 6.57. The molecule has 2 radical (unpaired) electrons. The summed E-state index contributed by atoms with van der Waals surface area (Å²) in [6, 6.07) is 6.65. The molecule has 80 valence electrons. The molecule has 16 heavy (non-hydrogen) atoms. The molecule has 1 heterocycles. The van der Waals surface area contributed by atoms with Gasteiger partial charge in [0, 0.05) is 6.54 Å². The molecular weight excluding hydrogens is 205 g/mol. The molecule has 0 fully saturated rings. The minimum atomic E-state index is -0.715. The van der Waals surface area contributed by atoms with Crippen molar-refractivity contribution in [2.45, 2.75) is 6.04 Å². The molecule has 0 bridgehead atoms. The fourth-order valence-electron chi connectivity index (χ4n) is 1.56. The van der Waals surface area contributed by atoms with Gasteiger partial charge < -0.3 is 16.0 Å². The van der Waals surface area contributed by atoms with E-state index in [0.29, 0.717) is 12.2 Å². The molecule has 6 heteroatoms. The lowest BCUT2D eigenvalue weighted by atomic mass is 10.1. The van der Waals surface area contributed by atoms with Gasteiger partial charge in [-0.15, -0.1) is 0 Å². The van der Waals surface area contributed by atoms with E-state index in [2.05, 4.69) is 16.0 Å². The van der Waals surface area contributed by atoms with Crippen LogP contribution in [0.4, 0.5) is 16.2 Å². The number of benzene rings is 1. The van der Waals surface area contributed by atoms with Crippen molar-refractivity contribution >= 4 is 30.9 Å². The second-order valence-electron chi connectivity index (χ2n) is 3.48. The van der Waals surface area contributed by atoms with Crippen molar-refractivity contribution < 1.29 is 9.59 Å². The van der Waals surface area contributed by atoms with Gasteiger partial charge in [-0.1, -0.05) is 12.1 Å². The van der Waals surface area contributed by atoms with Crippen LogP contribution in [0.1, 0.15) is 0 Å². The van der Waals surface area contributed by atoms with Gasteiger partial charge in [-0.3, -0.25) is 9.59 Å². The first-order valence-electron chi connectivity index (χ1n) is 4.86. The minimum absolute atomic E-state index is 0.281. The molecule has 2 amide bonds. The standard InChI is InChI=1S/C10H10BN3O2/c11-10(16)14-8-5-12-6-3-1-2-4-7(6)13-9(8)15/h1-4,8,12H,5H2,(H,13,15)(H,14,16)/t8-/m0/s1. The maximum Gasteiger partial charge on any atom is 0.248 e. The largest absolute Gasteiger partial charge is 0.381 e. The molecule has 0 saturated carbocycles. The zero-order valence-corrected chi connectivity index (χ0v) is 8.49. The van der Waals surface area contributed by atoms with Crippen LogP contribution >= 0.6 is 0 Å². The third-order valence-electron chi connectivity index (χ3n) is 2.31. The summed E-state index contributed by atoms with van der Waals surface area (Å²) in [5, 5.41) is 8.13. The Morgan fingerprint density at radius 2 is 2.06 bits per heavy atom. The SMILES string of the molecule is [B]C(=O)N[C@H]1CNc2ccccc2NC1=O.